The van der Waals surface area contributed by atoms with E-state index in [0.29, 0.717) is 22.4 Å². The van der Waals surface area contributed by atoms with Crippen LogP contribution in [-0.4, -0.2) is 27.9 Å². The van der Waals surface area contributed by atoms with Crippen molar-refractivity contribution in [1.82, 2.24) is 14.9 Å². The molecule has 0 unspecified atom stereocenters. The summed E-state index contributed by atoms with van der Waals surface area (Å²) in [4.78, 5) is 41.0. The number of halogens is 1. The number of carbonyl (C=O) groups is 2. The number of anilines is 1. The van der Waals surface area contributed by atoms with Gasteiger partial charge in [-0.25, -0.2) is 4.98 Å². The summed E-state index contributed by atoms with van der Waals surface area (Å²) in [5, 5.41) is 5.65. The van der Waals surface area contributed by atoms with E-state index in [2.05, 4.69) is 31.5 Å². The fraction of sp³-hybridized carbons (Fsp3) is 0.158. The molecule has 7 nitrogen and oxygen atoms in total. The van der Waals surface area contributed by atoms with Crippen LogP contribution in [0.1, 0.15) is 5.82 Å². The molecule has 3 aromatic rings. The molecular formula is C19H17BrN4O3. The zero-order valence-corrected chi connectivity index (χ0v) is 16.1. The first-order valence-electron chi connectivity index (χ1n) is 8.22. The smallest absolute Gasteiger partial charge is 0.261 e. The van der Waals surface area contributed by atoms with Gasteiger partial charge < -0.3 is 10.6 Å². The Hall–Kier alpha value is -3.00. The van der Waals surface area contributed by atoms with Crippen molar-refractivity contribution in [3.8, 4) is 0 Å². The lowest BCUT2D eigenvalue weighted by Gasteiger charge is -2.11. The molecule has 0 aliphatic rings. The highest BCUT2D eigenvalue weighted by Gasteiger charge is 2.12. The fourth-order valence-corrected chi connectivity index (χ4v) is 2.85. The van der Waals surface area contributed by atoms with Crippen molar-refractivity contribution in [3.05, 3.63) is 69.2 Å². The second kappa shape index (κ2) is 8.13. The van der Waals surface area contributed by atoms with Crippen LogP contribution in [0.15, 0.2) is 57.8 Å². The predicted octanol–water partition coefficient (Wildman–Crippen LogP) is 2.22. The monoisotopic (exact) mass is 428 g/mol. The summed E-state index contributed by atoms with van der Waals surface area (Å²) < 4.78 is 2.20. The van der Waals surface area contributed by atoms with Crippen LogP contribution in [0, 0.1) is 6.92 Å². The van der Waals surface area contributed by atoms with Crippen LogP contribution in [0.4, 0.5) is 5.69 Å². The second-order valence-corrected chi connectivity index (χ2v) is 6.81. The summed E-state index contributed by atoms with van der Waals surface area (Å²) in [5.74, 6) is -0.359. The minimum absolute atomic E-state index is 0.191. The number of rotatable bonds is 5. The Morgan fingerprint density at radius 3 is 2.52 bits per heavy atom. The van der Waals surface area contributed by atoms with E-state index < -0.39 is 5.91 Å². The van der Waals surface area contributed by atoms with Gasteiger partial charge in [0.1, 0.15) is 12.4 Å². The van der Waals surface area contributed by atoms with Gasteiger partial charge >= 0.3 is 0 Å². The number of hydrogen-bond donors (Lipinski definition) is 2. The van der Waals surface area contributed by atoms with Crippen LogP contribution >= 0.6 is 15.9 Å². The molecule has 3 rings (SSSR count). The highest BCUT2D eigenvalue weighted by Crippen LogP contribution is 2.13. The molecular weight excluding hydrogens is 412 g/mol. The lowest BCUT2D eigenvalue weighted by atomic mass is 10.2. The predicted molar refractivity (Wildman–Crippen MR) is 107 cm³/mol. The number of para-hydroxylation sites is 1. The van der Waals surface area contributed by atoms with Crippen LogP contribution < -0.4 is 16.2 Å². The standard InChI is InChI=1S/C19H17BrN4O3/c1-12-22-16-5-3-2-4-15(16)19(27)24(12)11-18(26)21-10-17(25)23-14-8-6-13(20)7-9-14/h2-9H,10-11H2,1H3,(H,21,26)(H,23,25). The maximum atomic E-state index is 12.6. The average Bonchev–Trinajstić information content (AvgIpc) is 2.65. The molecule has 0 bridgehead atoms. The Morgan fingerprint density at radius 2 is 1.78 bits per heavy atom. The van der Waals surface area contributed by atoms with Crippen molar-refractivity contribution in [2.45, 2.75) is 13.5 Å². The molecule has 0 saturated carbocycles. The summed E-state index contributed by atoms with van der Waals surface area (Å²) in [6.45, 7) is 1.28. The van der Waals surface area contributed by atoms with Gasteiger partial charge in [0.2, 0.25) is 11.8 Å². The normalized spacial score (nSPS) is 10.6. The van der Waals surface area contributed by atoms with E-state index in [9.17, 15) is 14.4 Å². The molecule has 0 saturated heterocycles. The van der Waals surface area contributed by atoms with Crippen LogP contribution in [-0.2, 0) is 16.1 Å². The molecule has 2 aromatic carbocycles. The van der Waals surface area contributed by atoms with E-state index in [1.807, 2.05) is 0 Å². The van der Waals surface area contributed by atoms with Crippen molar-refractivity contribution in [1.29, 1.82) is 0 Å². The van der Waals surface area contributed by atoms with E-state index in [1.165, 1.54) is 4.57 Å². The number of hydrogen-bond acceptors (Lipinski definition) is 4. The lowest BCUT2D eigenvalue weighted by Crippen LogP contribution is -2.37. The Bertz CT molecular complexity index is 1060. The number of benzene rings is 2. The van der Waals surface area contributed by atoms with Gasteiger partial charge in [-0.05, 0) is 43.3 Å². The molecule has 0 aliphatic carbocycles. The molecule has 2 N–H and O–H groups in total. The third-order valence-corrected chi connectivity index (χ3v) is 4.46. The van der Waals surface area contributed by atoms with Crippen LogP contribution in [0.3, 0.4) is 0 Å². The zero-order chi connectivity index (χ0) is 19.4. The first-order valence-corrected chi connectivity index (χ1v) is 9.01. The van der Waals surface area contributed by atoms with Crippen LogP contribution in [0.2, 0.25) is 0 Å². The molecule has 27 heavy (non-hydrogen) atoms. The highest BCUT2D eigenvalue weighted by atomic mass is 79.9. The Morgan fingerprint density at radius 1 is 1.07 bits per heavy atom. The SMILES string of the molecule is Cc1nc2ccccc2c(=O)n1CC(=O)NCC(=O)Nc1ccc(Br)cc1. The number of nitrogens with zero attached hydrogens (tertiary/aromatic N) is 2. The highest BCUT2D eigenvalue weighted by molar-refractivity contribution is 9.10. The van der Waals surface area contributed by atoms with Crippen molar-refractivity contribution < 1.29 is 9.59 Å². The summed E-state index contributed by atoms with van der Waals surface area (Å²) in [6.07, 6.45) is 0. The van der Waals surface area contributed by atoms with Gasteiger partial charge in [0.25, 0.3) is 5.56 Å². The number of amides is 2. The first kappa shape index (κ1) is 18.8. The Kier molecular flexibility index (Phi) is 5.66. The number of nitrogens with one attached hydrogen (secondary N) is 2. The minimum Gasteiger partial charge on any atom is -0.345 e. The largest absolute Gasteiger partial charge is 0.345 e. The summed E-state index contributed by atoms with van der Waals surface area (Å²) in [7, 11) is 0. The van der Waals surface area contributed by atoms with E-state index in [1.54, 1.807) is 55.5 Å². The van der Waals surface area contributed by atoms with Gasteiger partial charge in [0.05, 0.1) is 17.4 Å². The van der Waals surface area contributed by atoms with Gasteiger partial charge in [0, 0.05) is 10.2 Å². The third-order valence-electron chi connectivity index (χ3n) is 3.93. The van der Waals surface area contributed by atoms with Gasteiger partial charge in [0.15, 0.2) is 0 Å². The van der Waals surface area contributed by atoms with Crippen LogP contribution in [0.5, 0.6) is 0 Å². The lowest BCUT2D eigenvalue weighted by molar-refractivity contribution is -0.124. The summed E-state index contributed by atoms with van der Waals surface area (Å²) in [5.41, 5.74) is 0.932. The van der Waals surface area contributed by atoms with Crippen LogP contribution in [0.25, 0.3) is 10.9 Å². The maximum absolute atomic E-state index is 12.6. The quantitative estimate of drug-likeness (QED) is 0.651. The molecule has 0 radical (unpaired) electrons. The molecule has 0 aliphatic heterocycles. The van der Waals surface area contributed by atoms with Gasteiger partial charge in [-0.2, -0.15) is 0 Å². The van der Waals surface area contributed by atoms with Crippen molar-refractivity contribution in [2.24, 2.45) is 0 Å². The fourth-order valence-electron chi connectivity index (χ4n) is 2.58. The Labute approximate surface area is 163 Å². The molecule has 1 aromatic heterocycles. The van der Waals surface area contributed by atoms with E-state index in [4.69, 9.17) is 0 Å². The first-order chi connectivity index (χ1) is 12.9. The number of aromatic nitrogens is 2. The zero-order valence-electron chi connectivity index (χ0n) is 14.5. The molecule has 0 atom stereocenters. The maximum Gasteiger partial charge on any atom is 0.261 e. The van der Waals surface area contributed by atoms with E-state index >= 15 is 0 Å². The molecule has 8 heteroatoms. The number of fused-ring (bicyclic) bond motifs is 1. The number of carbonyl (C=O) groups excluding carboxylic acids is 2. The third kappa shape index (κ3) is 4.59. The van der Waals surface area contributed by atoms with Gasteiger partial charge in [-0.1, -0.05) is 28.1 Å². The second-order valence-electron chi connectivity index (χ2n) is 5.90. The molecule has 1 heterocycles. The minimum atomic E-state index is -0.441. The van der Waals surface area contributed by atoms with E-state index in [-0.39, 0.29) is 24.6 Å². The Balaban J connectivity index is 1.62. The molecule has 2 amide bonds. The van der Waals surface area contributed by atoms with Crippen molar-refractivity contribution in [2.75, 3.05) is 11.9 Å². The molecule has 0 spiro atoms. The average molecular weight is 429 g/mol. The van der Waals surface area contributed by atoms with Crippen molar-refractivity contribution >= 4 is 44.3 Å². The van der Waals surface area contributed by atoms with Crippen molar-refractivity contribution in [3.63, 3.8) is 0 Å². The van der Waals surface area contributed by atoms with Gasteiger partial charge in [-0.15, -0.1) is 0 Å². The molecule has 0 fully saturated rings. The summed E-state index contributed by atoms with van der Waals surface area (Å²) in [6, 6.07) is 14.1. The topological polar surface area (TPSA) is 93.1 Å². The van der Waals surface area contributed by atoms with Gasteiger partial charge in [-0.3, -0.25) is 19.0 Å². The number of aryl methyl sites for hydroxylation is 1. The summed E-state index contributed by atoms with van der Waals surface area (Å²) >= 11 is 3.32. The van der Waals surface area contributed by atoms with E-state index in [0.717, 1.165) is 4.47 Å². The molecule has 138 valence electrons.